The van der Waals surface area contributed by atoms with Crippen molar-refractivity contribution < 1.29 is 29.0 Å². The summed E-state index contributed by atoms with van der Waals surface area (Å²) in [6.07, 6.45) is 5.39. The minimum absolute atomic E-state index is 0.161. The Morgan fingerprint density at radius 1 is 0.947 bits per heavy atom. The zero-order valence-corrected chi connectivity index (χ0v) is 24.8. The average Bonchev–Trinajstić information content (AvgIpc) is 2.78. The molecule has 0 aliphatic carbocycles. The average molecular weight is 601 g/mol. The van der Waals surface area contributed by atoms with E-state index in [1.807, 2.05) is 20.8 Å². The van der Waals surface area contributed by atoms with Crippen LogP contribution in [0.3, 0.4) is 0 Å². The van der Waals surface area contributed by atoms with Gasteiger partial charge in [-0.25, -0.2) is 0 Å². The molecule has 1 aromatic carbocycles. The number of hydrogen-bond donors (Lipinski definition) is 0. The van der Waals surface area contributed by atoms with E-state index in [1.54, 1.807) is 10.6 Å². The molecule has 0 bridgehead atoms. The Labute approximate surface area is 231 Å². The van der Waals surface area contributed by atoms with Crippen LogP contribution >= 0.6 is 34.7 Å². The van der Waals surface area contributed by atoms with Crippen molar-refractivity contribution in [3.63, 3.8) is 0 Å². The number of unbranched alkanes of at least 4 members (excludes halogenated alkanes) is 3. The van der Waals surface area contributed by atoms with Crippen molar-refractivity contribution in [1.29, 1.82) is 0 Å². The maximum Gasteiger partial charge on any atom is 0.312 e. The lowest BCUT2D eigenvalue weighted by atomic mass is 9.73. The molecular formula is C26H37F5N2O2S3. The quantitative estimate of drug-likeness (QED) is 0.0992. The molecule has 0 aliphatic rings. The van der Waals surface area contributed by atoms with E-state index in [9.17, 15) is 24.2 Å². The number of rotatable bonds is 13. The molecule has 0 N–H and O–H groups in total. The normalized spacial score (nSPS) is 15.7. The minimum atomic E-state index is -9.75. The number of ether oxygens (including phenoxy) is 1. The minimum Gasteiger partial charge on any atom is -0.465 e. The molecule has 1 heterocycles. The first kappa shape index (κ1) is 32.4. The third kappa shape index (κ3) is 8.61. The van der Waals surface area contributed by atoms with E-state index < -0.39 is 20.5 Å². The summed E-state index contributed by atoms with van der Waals surface area (Å²) in [6.45, 7) is 11.1. The number of benzene rings is 1. The van der Waals surface area contributed by atoms with Gasteiger partial charge < -0.3 is 9.30 Å². The molecule has 1 atom stereocenters. The van der Waals surface area contributed by atoms with Gasteiger partial charge in [-0.15, -0.1) is 0 Å². The van der Waals surface area contributed by atoms with Gasteiger partial charge in [0.25, 0.3) is 0 Å². The van der Waals surface area contributed by atoms with Crippen molar-refractivity contribution in [1.82, 2.24) is 9.13 Å². The largest absolute Gasteiger partial charge is 0.465 e. The van der Waals surface area contributed by atoms with E-state index in [0.717, 1.165) is 44.2 Å². The molecule has 0 spiro atoms. The first-order chi connectivity index (χ1) is 17.3. The van der Waals surface area contributed by atoms with Gasteiger partial charge in [0.2, 0.25) is 0 Å². The van der Waals surface area contributed by atoms with E-state index in [0.29, 0.717) is 35.8 Å². The highest BCUT2D eigenvalue weighted by Gasteiger charge is 2.65. The van der Waals surface area contributed by atoms with E-state index in [2.05, 4.69) is 13.8 Å². The fourth-order valence-corrected chi connectivity index (χ4v) is 5.54. The molecule has 1 aromatic heterocycles. The van der Waals surface area contributed by atoms with Crippen LogP contribution in [0.4, 0.5) is 19.4 Å². The molecule has 0 fully saturated rings. The third-order valence-electron chi connectivity index (χ3n) is 6.71. The Hall–Kier alpha value is -1.79. The summed E-state index contributed by atoms with van der Waals surface area (Å²) >= 11 is 10.8. The van der Waals surface area contributed by atoms with E-state index in [1.165, 1.54) is 10.8 Å². The van der Waals surface area contributed by atoms with Gasteiger partial charge in [-0.2, -0.15) is 0 Å². The van der Waals surface area contributed by atoms with Crippen molar-refractivity contribution in [3.05, 3.63) is 45.9 Å². The Morgan fingerprint density at radius 3 is 2.05 bits per heavy atom. The van der Waals surface area contributed by atoms with Crippen LogP contribution in [0.25, 0.3) is 5.69 Å². The maximum absolute atomic E-state index is 13.0. The van der Waals surface area contributed by atoms with Crippen LogP contribution in [0.1, 0.15) is 66.7 Å². The van der Waals surface area contributed by atoms with Crippen LogP contribution in [0.2, 0.25) is 0 Å². The lowest BCUT2D eigenvalue weighted by molar-refractivity contribution is -0.159. The Balaban J connectivity index is 1.95. The number of carbonyl (C=O) groups excluding carboxylic acids is 1. The van der Waals surface area contributed by atoms with Crippen molar-refractivity contribution in [3.8, 4) is 5.69 Å². The van der Waals surface area contributed by atoms with Crippen molar-refractivity contribution in [2.75, 3.05) is 6.61 Å². The topological polar surface area (TPSA) is 36.2 Å². The van der Waals surface area contributed by atoms with E-state index in [-0.39, 0.29) is 22.3 Å². The van der Waals surface area contributed by atoms with E-state index in [4.69, 9.17) is 29.2 Å². The predicted octanol–water partition coefficient (Wildman–Crippen LogP) is 10.2. The summed E-state index contributed by atoms with van der Waals surface area (Å²) in [5.41, 5.74) is -0.292. The van der Waals surface area contributed by atoms with Crippen LogP contribution in [0, 0.1) is 26.7 Å². The van der Waals surface area contributed by atoms with Crippen LogP contribution in [-0.4, -0.2) is 21.7 Å². The van der Waals surface area contributed by atoms with Gasteiger partial charge in [-0.1, -0.05) is 65.8 Å². The number of aromatic nitrogens is 2. The smallest absolute Gasteiger partial charge is 0.312 e. The summed E-state index contributed by atoms with van der Waals surface area (Å²) in [5.74, 6) is 0.400. The highest BCUT2D eigenvalue weighted by atomic mass is 32.5. The second-order valence-electron chi connectivity index (χ2n) is 10.6. The fraction of sp³-hybridized carbons (Fsp3) is 0.577. The predicted molar refractivity (Wildman–Crippen MR) is 149 cm³/mol. The van der Waals surface area contributed by atoms with Gasteiger partial charge in [-0.05, 0) is 87.0 Å². The number of hydrogen-bond acceptors (Lipinski definition) is 4. The molecule has 38 heavy (non-hydrogen) atoms. The molecular weight excluding hydrogens is 563 g/mol. The molecule has 2 aromatic rings. The van der Waals surface area contributed by atoms with Crippen molar-refractivity contribution >= 4 is 40.6 Å². The second-order valence-corrected chi connectivity index (χ2v) is 13.8. The summed E-state index contributed by atoms with van der Waals surface area (Å²) in [7, 11) is -9.75. The zero-order chi connectivity index (χ0) is 29.0. The summed E-state index contributed by atoms with van der Waals surface area (Å²) < 4.78 is 74.6. The van der Waals surface area contributed by atoms with Gasteiger partial charge in [0.15, 0.2) is 4.77 Å². The molecule has 0 saturated heterocycles. The van der Waals surface area contributed by atoms with Crippen LogP contribution in [0.5, 0.6) is 0 Å². The zero-order valence-electron chi connectivity index (χ0n) is 22.4. The first-order valence-electron chi connectivity index (χ1n) is 12.6. The lowest BCUT2D eigenvalue weighted by Crippen LogP contribution is -2.36. The van der Waals surface area contributed by atoms with E-state index >= 15 is 0 Å². The van der Waals surface area contributed by atoms with Crippen molar-refractivity contribution in [2.45, 2.75) is 78.2 Å². The van der Waals surface area contributed by atoms with Gasteiger partial charge in [0.1, 0.15) is 9.54 Å². The SMILES string of the molecule is CC(C)CC(C)(C(=O)OCCCCCCn1c(=S)ccn(-c2ccc(S(F)(F)(F)(F)F)cc2)c1=S)C(C)C. The highest BCUT2D eigenvalue weighted by molar-refractivity contribution is 8.45. The van der Waals surface area contributed by atoms with Crippen molar-refractivity contribution in [2.24, 2.45) is 17.3 Å². The molecule has 0 radical (unpaired) electrons. The van der Waals surface area contributed by atoms with Crippen LogP contribution in [-0.2, 0) is 16.1 Å². The molecule has 12 heteroatoms. The number of esters is 1. The first-order valence-corrected chi connectivity index (χ1v) is 15.4. The number of carbonyl (C=O) groups is 1. The molecule has 1 unspecified atom stereocenters. The third-order valence-corrected chi connectivity index (χ3v) is 8.65. The molecule has 0 aliphatic heterocycles. The van der Waals surface area contributed by atoms with Crippen LogP contribution < -0.4 is 0 Å². The summed E-state index contributed by atoms with van der Waals surface area (Å²) in [6, 6.07) is 4.24. The fourth-order valence-electron chi connectivity index (χ4n) is 4.24. The second kappa shape index (κ2) is 11.4. The van der Waals surface area contributed by atoms with Gasteiger partial charge >= 0.3 is 16.2 Å². The molecule has 4 nitrogen and oxygen atoms in total. The molecule has 0 amide bonds. The molecule has 216 valence electrons. The van der Waals surface area contributed by atoms with Gasteiger partial charge in [0, 0.05) is 18.4 Å². The van der Waals surface area contributed by atoms with Gasteiger partial charge in [-0.3, -0.25) is 9.36 Å². The Kier molecular flexibility index (Phi) is 9.70. The number of halogens is 5. The standard InChI is InChI=1S/C26H37F5N2O2S3/c1-19(2)18-26(5,20(3)4)24(34)35-17-9-7-6-8-15-33-23(36)14-16-32(25(33)37)21-10-12-22(13-11-21)38(27,28,29,30)31/h10-14,16,19-20H,6-9,15,17-18H2,1-5H3. The van der Waals surface area contributed by atoms with Gasteiger partial charge in [0.05, 0.1) is 12.0 Å². The Bertz CT molecular complexity index is 1240. The summed E-state index contributed by atoms with van der Waals surface area (Å²) in [4.78, 5) is 10.7. The molecule has 2 rings (SSSR count). The van der Waals surface area contributed by atoms with Crippen LogP contribution in [0.15, 0.2) is 41.4 Å². The lowest BCUT2D eigenvalue weighted by Gasteiger charge is -2.40. The highest BCUT2D eigenvalue weighted by Crippen LogP contribution is 3.02. The number of nitrogens with zero attached hydrogens (tertiary/aromatic N) is 2. The maximum atomic E-state index is 13.0. The molecule has 0 saturated carbocycles. The summed E-state index contributed by atoms with van der Waals surface area (Å²) in [5, 5.41) is 0. The monoisotopic (exact) mass is 600 g/mol. The Morgan fingerprint density at radius 2 is 1.53 bits per heavy atom.